The van der Waals surface area contributed by atoms with Gasteiger partial charge in [0.1, 0.15) is 69.5 Å². The van der Waals surface area contributed by atoms with Gasteiger partial charge < -0.3 is 46.7 Å². The predicted molar refractivity (Wildman–Crippen MR) is 487 cm³/mol. The summed E-state index contributed by atoms with van der Waals surface area (Å²) >= 11 is 0. The number of fused-ring (bicyclic) bond motifs is 1. The molecule has 13 N–H and O–H groups in total. The molecule has 127 heavy (non-hydrogen) atoms. The van der Waals surface area contributed by atoms with E-state index in [9.17, 15) is 44.7 Å². The first-order valence-corrected chi connectivity index (χ1v) is 42.4. The van der Waals surface area contributed by atoms with E-state index in [0.29, 0.717) is 60.8 Å². The molecule has 1 aliphatic heterocycles. The molecule has 0 saturated heterocycles. The van der Waals surface area contributed by atoms with Crippen LogP contribution in [0.15, 0.2) is 291 Å². The van der Waals surface area contributed by atoms with E-state index < -0.39 is 0 Å². The van der Waals surface area contributed by atoms with Crippen LogP contribution in [0.4, 0.5) is 35.1 Å². The molecule has 4 fully saturated rings. The van der Waals surface area contributed by atoms with Crippen molar-refractivity contribution < 1.29 is 75.7 Å². The van der Waals surface area contributed by atoms with Crippen LogP contribution < -0.4 is 47.8 Å². The van der Waals surface area contributed by atoms with Crippen molar-refractivity contribution in [3.05, 3.63) is 349 Å². The second-order valence-electron chi connectivity index (χ2n) is 32.2. The van der Waals surface area contributed by atoms with Crippen LogP contribution in [-0.4, -0.2) is 85.0 Å². The summed E-state index contributed by atoms with van der Waals surface area (Å²) in [6.07, 6.45) is 11.9. The van der Waals surface area contributed by atoms with Gasteiger partial charge in [-0.15, -0.1) is 0 Å². The maximum Gasteiger partial charge on any atom is 0.261 e. The minimum Gasteiger partial charge on any atom is -0.490 e. The van der Waals surface area contributed by atoms with E-state index in [4.69, 9.17) is 41.3 Å². The third kappa shape index (κ3) is 25.2. The maximum absolute atomic E-state index is 13.5. The third-order valence-electron chi connectivity index (χ3n) is 23.5. The molecule has 1 heterocycles. The Bertz CT molecular complexity index is 5090. The largest absolute Gasteiger partial charge is 0.490 e. The normalized spacial score (nSPS) is 18.2. The molecule has 14 nitrogen and oxygen atoms in total. The highest BCUT2D eigenvalue weighted by molar-refractivity contribution is 6.21. The minimum absolute atomic E-state index is 0. The highest BCUT2D eigenvalue weighted by atomic mass is 19.2. The number of halogens is 8. The lowest BCUT2D eigenvalue weighted by Gasteiger charge is -2.20. The molecule has 13 aromatic rings. The zero-order valence-electron chi connectivity index (χ0n) is 70.4. The summed E-state index contributed by atoms with van der Waals surface area (Å²) in [5.41, 5.74) is 32.8. The van der Waals surface area contributed by atoms with E-state index in [-0.39, 0.29) is 95.6 Å². The van der Waals surface area contributed by atoms with E-state index in [1.54, 1.807) is 121 Å². The molecule has 0 aromatic heterocycles. The first-order chi connectivity index (χ1) is 61.2. The molecular formula is C105H106F8N6O8. The molecule has 0 radical (unpaired) electrons. The number of ether oxygens (including phenoxy) is 4. The highest BCUT2D eigenvalue weighted by Crippen LogP contribution is 2.42. The lowest BCUT2D eigenvalue weighted by molar-refractivity contribution is 0.0625. The fraction of sp³-hybridized carbons (Fsp3) is 0.238. The fourth-order valence-electron chi connectivity index (χ4n) is 16.9. The summed E-state index contributed by atoms with van der Waals surface area (Å²) < 4.78 is 132. The van der Waals surface area contributed by atoms with Gasteiger partial charge in [0.25, 0.3) is 11.8 Å². The minimum atomic E-state index is -0.310. The fourth-order valence-corrected chi connectivity index (χ4v) is 16.9. The Morgan fingerprint density at radius 2 is 0.449 bits per heavy atom. The van der Waals surface area contributed by atoms with Crippen molar-refractivity contribution in [1.29, 1.82) is 0 Å². The van der Waals surface area contributed by atoms with Crippen LogP contribution in [0.3, 0.4) is 0 Å². The number of hydrogen-bond acceptors (Lipinski definition) is 12. The first kappa shape index (κ1) is 93.5. The van der Waals surface area contributed by atoms with E-state index >= 15 is 0 Å². The average Bonchev–Trinajstić information content (AvgIpc) is 1.66. The summed E-state index contributed by atoms with van der Waals surface area (Å²) in [7, 11) is 1.00. The van der Waals surface area contributed by atoms with Crippen LogP contribution in [0.2, 0.25) is 0 Å². The SMILES string of the molecule is CO.NC[C@H]1CC[C@@H](Oc2cc(-c3ccc(F)cc3)cc(-c3ccc(F)cc3)c2)C1.NC[C@H]1CC[C@@H](Oc2cc(-c3ccc(F)cc3)cc(-c3ccc(F)cc3)c2)C1.NC[C@H]1CC[C@@H](Oc2cc(-c3ccc(F)cc3)cc(-c3ccc(F)cc3)c2)C1.NN.O.O=C1c2ccccc2C(=O)N1C[C@H]1CC[C@@H](Oc2cc(-c3ccc(F)cc3)cc(-c3ccc(F)cc3)c2)C1.[HH]. The molecule has 18 rings (SSSR count). The molecule has 0 spiro atoms. The number of nitrogens with zero attached hydrogens (tertiary/aromatic N) is 1. The standard InChI is InChI=1S/C32H25F2NO3.3C24H23F2NO.CH4O.H4N2.H2O.H2/c33-25-10-6-21(7-11-25)23-16-24(22-8-12-26(34)13-9-22)18-28(17-23)38-27-14-5-20(15-27)19-35-31(36)29-3-1-2-4-30(29)32(35)37;3*25-21-6-2-17(3-7-21)19-12-20(18-4-8-22(26)9-5-18)14-24(13-19)28-23-10-1-16(11-23)15-27;2*1-2;;/h1-4,6-13,16-18,20,27H,5,14-15,19H2;3*2-9,12-14,16,23H,1,10-11,15,27H2;2H,1H3;1-2H2;1H2;1H/t20-,27+;3*16-,23+;;;;/m0000..../s1. The number of amides is 2. The summed E-state index contributed by atoms with van der Waals surface area (Å²) in [4.78, 5) is 26.9. The van der Waals surface area contributed by atoms with Gasteiger partial charge >= 0.3 is 0 Å². The second kappa shape index (κ2) is 45.0. The molecular weight excluding hydrogens is 1630 g/mol. The number of nitrogens with two attached hydrogens (primary N) is 5. The van der Waals surface area contributed by atoms with Gasteiger partial charge in [-0.2, -0.15) is 0 Å². The Balaban J connectivity index is 0.000000164. The topological polar surface area (TPSA) is 256 Å². The highest BCUT2D eigenvalue weighted by Gasteiger charge is 2.39. The Hall–Kier alpha value is -12.6. The van der Waals surface area contributed by atoms with Gasteiger partial charge in [-0.05, 0) is 391 Å². The van der Waals surface area contributed by atoms with Crippen molar-refractivity contribution in [3.63, 3.8) is 0 Å². The maximum atomic E-state index is 13.5. The molecule has 13 aromatic carbocycles. The number of carbonyl (C=O) groups is 2. The van der Waals surface area contributed by atoms with Gasteiger partial charge in [0.05, 0.1) is 35.5 Å². The molecule has 4 aliphatic carbocycles. The van der Waals surface area contributed by atoms with Crippen molar-refractivity contribution in [2.24, 2.45) is 52.6 Å². The van der Waals surface area contributed by atoms with E-state index in [0.717, 1.165) is 190 Å². The van der Waals surface area contributed by atoms with Crippen LogP contribution in [0, 0.1) is 70.2 Å². The molecule has 2 amide bonds. The lowest BCUT2D eigenvalue weighted by Crippen LogP contribution is -2.34. The summed E-state index contributed by atoms with van der Waals surface area (Å²) in [5, 5.41) is 7.00. The first-order valence-electron chi connectivity index (χ1n) is 42.4. The van der Waals surface area contributed by atoms with Crippen molar-refractivity contribution in [2.75, 3.05) is 33.3 Å². The monoisotopic (exact) mass is 1730 g/mol. The number of rotatable bonds is 21. The number of hydrazine groups is 1. The summed E-state index contributed by atoms with van der Waals surface area (Å²) in [6.45, 7) is 2.45. The zero-order valence-corrected chi connectivity index (χ0v) is 70.4. The van der Waals surface area contributed by atoms with E-state index in [1.807, 2.05) is 72.8 Å². The smallest absolute Gasteiger partial charge is 0.261 e. The lowest BCUT2D eigenvalue weighted by atomic mass is 9.98. The van der Waals surface area contributed by atoms with Gasteiger partial charge in [0.2, 0.25) is 0 Å². The number of imide groups is 1. The Morgan fingerprint density at radius 3 is 0.622 bits per heavy atom. The van der Waals surface area contributed by atoms with Crippen molar-refractivity contribution >= 4 is 11.8 Å². The summed E-state index contributed by atoms with van der Waals surface area (Å²) in [6, 6.07) is 81.7. The number of aliphatic hydroxyl groups is 1. The van der Waals surface area contributed by atoms with Gasteiger partial charge in [-0.1, -0.05) is 109 Å². The van der Waals surface area contributed by atoms with Crippen molar-refractivity contribution in [1.82, 2.24) is 4.90 Å². The van der Waals surface area contributed by atoms with Crippen molar-refractivity contribution in [2.45, 2.75) is 101 Å². The van der Waals surface area contributed by atoms with Gasteiger partial charge in [-0.3, -0.25) is 26.2 Å². The second-order valence-corrected chi connectivity index (χ2v) is 32.2. The molecule has 22 heteroatoms. The summed E-state index contributed by atoms with van der Waals surface area (Å²) in [5.74, 6) is 9.97. The molecule has 8 atom stereocenters. The molecule has 4 saturated carbocycles. The van der Waals surface area contributed by atoms with Crippen LogP contribution in [0.5, 0.6) is 23.0 Å². The van der Waals surface area contributed by atoms with Gasteiger partial charge in [0, 0.05) is 15.1 Å². The number of aliphatic hydroxyl groups excluding tert-OH is 1. The van der Waals surface area contributed by atoms with Gasteiger partial charge in [0.15, 0.2) is 0 Å². The number of hydrogen-bond donors (Lipinski definition) is 6. The predicted octanol–water partition coefficient (Wildman–Crippen LogP) is 22.4. The Labute approximate surface area is 736 Å². The average molecular weight is 1730 g/mol. The molecule has 0 bridgehead atoms. The zero-order chi connectivity index (χ0) is 88.8. The van der Waals surface area contributed by atoms with Crippen LogP contribution in [0.1, 0.15) is 99.2 Å². The molecule has 660 valence electrons. The van der Waals surface area contributed by atoms with Crippen molar-refractivity contribution in [3.8, 4) is 112 Å². The van der Waals surface area contributed by atoms with E-state index in [2.05, 4.69) is 11.7 Å². The van der Waals surface area contributed by atoms with E-state index in [1.165, 1.54) is 102 Å². The van der Waals surface area contributed by atoms with Gasteiger partial charge in [-0.25, -0.2) is 35.1 Å². The van der Waals surface area contributed by atoms with Crippen LogP contribution >= 0.6 is 0 Å². The Morgan fingerprint density at radius 1 is 0.276 bits per heavy atom. The number of benzene rings is 13. The quantitative estimate of drug-likeness (QED) is 0.0170. The molecule has 0 unspecified atom stereocenters. The van der Waals surface area contributed by atoms with Crippen LogP contribution in [-0.2, 0) is 0 Å². The van der Waals surface area contributed by atoms with Crippen LogP contribution in [0.25, 0.3) is 89.0 Å². The third-order valence-corrected chi connectivity index (χ3v) is 23.5. The Kier molecular flexibility index (Phi) is 33.1. The molecule has 5 aliphatic rings. The number of carbonyl (C=O) groups excluding carboxylic acids is 2.